The minimum absolute atomic E-state index is 0.838. The molecular weight excluding hydrogens is 108 g/mol. The third kappa shape index (κ3) is 3.56. The van der Waals surface area contributed by atoms with Crippen molar-refractivity contribution < 1.29 is 0 Å². The van der Waals surface area contributed by atoms with Gasteiger partial charge in [-0.3, -0.25) is 0 Å². The lowest BCUT2D eigenvalue weighted by Crippen LogP contribution is -2.03. The predicted molar refractivity (Wildman–Crippen MR) is 43.3 cm³/mol. The van der Waals surface area contributed by atoms with Crippen LogP contribution in [-0.2, 0) is 0 Å². The highest BCUT2D eigenvalue weighted by molar-refractivity contribution is 4.87. The van der Waals surface area contributed by atoms with Gasteiger partial charge in [-0.05, 0) is 18.3 Å². The summed E-state index contributed by atoms with van der Waals surface area (Å²) in [5, 5.41) is 0. The Morgan fingerprint density at radius 1 is 1.33 bits per heavy atom. The zero-order valence-electron chi connectivity index (χ0n) is 7.20. The summed E-state index contributed by atoms with van der Waals surface area (Å²) in [5.41, 5.74) is 0. The number of hydrogen-bond donors (Lipinski definition) is 0. The first-order valence-corrected chi connectivity index (χ1v) is 4.04. The molecule has 0 N–H and O–H groups in total. The van der Waals surface area contributed by atoms with E-state index >= 15 is 0 Å². The summed E-state index contributed by atoms with van der Waals surface area (Å²) in [7, 11) is 0. The summed E-state index contributed by atoms with van der Waals surface area (Å²) in [5.74, 6) is 2.50. The van der Waals surface area contributed by atoms with Crippen LogP contribution in [-0.4, -0.2) is 0 Å². The Balaban J connectivity index is 3.32. The van der Waals surface area contributed by atoms with Gasteiger partial charge in [0.2, 0.25) is 0 Å². The Bertz CT molecular complexity index is 57.1. The lowest BCUT2D eigenvalue weighted by molar-refractivity contribution is 0.536. The minimum Gasteiger partial charge on any atom is -0.0654 e. The summed E-state index contributed by atoms with van der Waals surface area (Å²) >= 11 is 0. The molecule has 0 saturated heterocycles. The van der Waals surface area contributed by atoms with Gasteiger partial charge in [0.15, 0.2) is 0 Å². The second-order valence-electron chi connectivity index (χ2n) is 2.91. The van der Waals surface area contributed by atoms with Crippen molar-refractivity contribution in [3.63, 3.8) is 0 Å². The van der Waals surface area contributed by atoms with Gasteiger partial charge in [-0.15, -0.1) is 0 Å². The van der Waals surface area contributed by atoms with Crippen molar-refractivity contribution in [2.24, 2.45) is 5.92 Å². The molecule has 0 aromatic heterocycles. The molecule has 9 heavy (non-hydrogen) atoms. The lowest BCUT2D eigenvalue weighted by Gasteiger charge is -2.15. The summed E-state index contributed by atoms with van der Waals surface area (Å²) < 4.78 is 0. The van der Waals surface area contributed by atoms with Gasteiger partial charge in [0, 0.05) is 0 Å². The van der Waals surface area contributed by atoms with E-state index in [2.05, 4.69) is 27.7 Å². The Morgan fingerprint density at radius 3 is 2.22 bits per heavy atom. The third-order valence-electron chi connectivity index (χ3n) is 2.10. The van der Waals surface area contributed by atoms with Gasteiger partial charge in [-0.1, -0.05) is 40.5 Å². The van der Waals surface area contributed by atoms with Crippen LogP contribution in [0.3, 0.4) is 0 Å². The molecule has 55 valence electrons. The van der Waals surface area contributed by atoms with Crippen LogP contribution in [0.5, 0.6) is 0 Å². The minimum atomic E-state index is 0.838. The van der Waals surface area contributed by atoms with Crippen LogP contribution >= 0.6 is 0 Å². The van der Waals surface area contributed by atoms with E-state index in [-0.39, 0.29) is 0 Å². The molecule has 0 aliphatic rings. The standard InChI is InChI=1S/C9H19/c1-5-7-9(4)8(3)6-2/h8H,5-7H2,1-4H3. The highest BCUT2D eigenvalue weighted by Crippen LogP contribution is 2.20. The van der Waals surface area contributed by atoms with Crippen molar-refractivity contribution in [2.75, 3.05) is 0 Å². The smallest absolute Gasteiger partial charge is 0.0244 e. The van der Waals surface area contributed by atoms with Crippen LogP contribution in [0, 0.1) is 11.8 Å². The van der Waals surface area contributed by atoms with Crippen molar-refractivity contribution in [1.29, 1.82) is 0 Å². The van der Waals surface area contributed by atoms with Gasteiger partial charge < -0.3 is 0 Å². The Hall–Kier alpha value is 0. The maximum atomic E-state index is 2.31. The molecular formula is C9H19. The zero-order valence-corrected chi connectivity index (χ0v) is 7.20. The molecule has 1 unspecified atom stereocenters. The zero-order chi connectivity index (χ0) is 7.28. The molecule has 0 spiro atoms. The second-order valence-corrected chi connectivity index (χ2v) is 2.91. The van der Waals surface area contributed by atoms with Crippen LogP contribution in [0.2, 0.25) is 0 Å². The second kappa shape index (κ2) is 4.84. The molecule has 0 bridgehead atoms. The molecule has 0 aromatic carbocycles. The van der Waals surface area contributed by atoms with E-state index < -0.39 is 0 Å². The Morgan fingerprint density at radius 2 is 1.89 bits per heavy atom. The van der Waals surface area contributed by atoms with E-state index in [0.717, 1.165) is 5.92 Å². The van der Waals surface area contributed by atoms with E-state index in [1.165, 1.54) is 19.3 Å². The van der Waals surface area contributed by atoms with E-state index in [1.54, 1.807) is 5.92 Å². The monoisotopic (exact) mass is 127 g/mol. The van der Waals surface area contributed by atoms with Crippen molar-refractivity contribution in [2.45, 2.75) is 47.0 Å². The van der Waals surface area contributed by atoms with Crippen LogP contribution in [0.4, 0.5) is 0 Å². The fraction of sp³-hybridized carbons (Fsp3) is 0.889. The molecule has 0 heteroatoms. The topological polar surface area (TPSA) is 0 Å². The van der Waals surface area contributed by atoms with Gasteiger partial charge in [-0.2, -0.15) is 0 Å². The third-order valence-corrected chi connectivity index (χ3v) is 2.10. The van der Waals surface area contributed by atoms with Crippen LogP contribution < -0.4 is 0 Å². The largest absolute Gasteiger partial charge is 0.0654 e. The summed E-state index contributed by atoms with van der Waals surface area (Å²) in [6.45, 7) is 9.08. The number of hydrogen-bond acceptors (Lipinski definition) is 0. The molecule has 1 atom stereocenters. The molecule has 0 amide bonds. The van der Waals surface area contributed by atoms with Gasteiger partial charge in [-0.25, -0.2) is 0 Å². The summed E-state index contributed by atoms with van der Waals surface area (Å²) in [6.07, 6.45) is 3.91. The van der Waals surface area contributed by atoms with E-state index in [1.807, 2.05) is 0 Å². The summed E-state index contributed by atoms with van der Waals surface area (Å²) in [6, 6.07) is 0. The highest BCUT2D eigenvalue weighted by atomic mass is 14.1. The molecule has 0 fully saturated rings. The molecule has 1 radical (unpaired) electrons. The molecule has 0 aliphatic carbocycles. The fourth-order valence-corrected chi connectivity index (χ4v) is 0.989. The molecule has 0 heterocycles. The molecule has 0 saturated carbocycles. The summed E-state index contributed by atoms with van der Waals surface area (Å²) in [4.78, 5) is 0. The average molecular weight is 127 g/mol. The molecule has 0 aliphatic heterocycles. The van der Waals surface area contributed by atoms with Crippen molar-refractivity contribution in [3.05, 3.63) is 5.92 Å². The first-order chi connectivity index (χ1) is 4.22. The first-order valence-electron chi connectivity index (χ1n) is 4.04. The molecule has 0 nitrogen and oxygen atoms in total. The Labute approximate surface area is 59.7 Å². The van der Waals surface area contributed by atoms with Crippen LogP contribution in [0.25, 0.3) is 0 Å². The van der Waals surface area contributed by atoms with Crippen LogP contribution in [0.15, 0.2) is 0 Å². The molecule has 0 rings (SSSR count). The Kier molecular flexibility index (Phi) is 4.84. The van der Waals surface area contributed by atoms with Crippen molar-refractivity contribution >= 4 is 0 Å². The van der Waals surface area contributed by atoms with Gasteiger partial charge in [0.1, 0.15) is 0 Å². The normalized spacial score (nSPS) is 14.3. The van der Waals surface area contributed by atoms with Gasteiger partial charge >= 0.3 is 0 Å². The van der Waals surface area contributed by atoms with E-state index in [0.29, 0.717) is 0 Å². The molecule has 0 aromatic rings. The highest BCUT2D eigenvalue weighted by Gasteiger charge is 2.07. The van der Waals surface area contributed by atoms with E-state index in [9.17, 15) is 0 Å². The number of rotatable bonds is 4. The maximum absolute atomic E-state index is 2.31. The van der Waals surface area contributed by atoms with Crippen molar-refractivity contribution in [3.8, 4) is 0 Å². The lowest BCUT2D eigenvalue weighted by atomic mass is 9.90. The first kappa shape index (κ1) is 9.00. The SMILES string of the molecule is CCC[C](C)C(C)CC. The van der Waals surface area contributed by atoms with Gasteiger partial charge in [0.25, 0.3) is 0 Å². The van der Waals surface area contributed by atoms with Crippen molar-refractivity contribution in [1.82, 2.24) is 0 Å². The fourth-order valence-electron chi connectivity index (χ4n) is 0.989. The van der Waals surface area contributed by atoms with E-state index in [4.69, 9.17) is 0 Å². The van der Waals surface area contributed by atoms with Gasteiger partial charge in [0.05, 0.1) is 0 Å². The maximum Gasteiger partial charge on any atom is -0.0244 e. The quantitative estimate of drug-likeness (QED) is 0.542. The average Bonchev–Trinajstić information content (AvgIpc) is 1.87. The van der Waals surface area contributed by atoms with Crippen LogP contribution in [0.1, 0.15) is 47.0 Å². The predicted octanol–water partition coefficient (Wildman–Crippen LogP) is 3.43.